The highest BCUT2D eigenvalue weighted by Gasteiger charge is 2.14. The normalized spacial score (nSPS) is 11.2. The van der Waals surface area contributed by atoms with E-state index in [0.29, 0.717) is 19.2 Å². The lowest BCUT2D eigenvalue weighted by molar-refractivity contribution is -0.139. The number of rotatable bonds is 7. The SMILES string of the molecule is CCOC(=O)CSc1nc2ccccn2c1CNC(C)C. The summed E-state index contributed by atoms with van der Waals surface area (Å²) in [6, 6.07) is 6.30. The topological polar surface area (TPSA) is 55.6 Å². The molecule has 0 radical (unpaired) electrons. The van der Waals surface area contributed by atoms with Crippen molar-refractivity contribution in [2.75, 3.05) is 12.4 Å². The number of ether oxygens (including phenoxy) is 1. The first-order valence-electron chi connectivity index (χ1n) is 7.09. The number of nitrogens with one attached hydrogen (secondary N) is 1. The Kier molecular flexibility index (Phi) is 5.64. The lowest BCUT2D eigenvalue weighted by atomic mass is 10.3. The van der Waals surface area contributed by atoms with Crippen LogP contribution < -0.4 is 5.32 Å². The molecule has 2 aromatic heterocycles. The van der Waals surface area contributed by atoms with Crippen molar-refractivity contribution in [2.45, 2.75) is 38.4 Å². The highest BCUT2D eigenvalue weighted by atomic mass is 32.2. The third-order valence-electron chi connectivity index (χ3n) is 2.90. The molecule has 1 N–H and O–H groups in total. The van der Waals surface area contributed by atoms with Crippen LogP contribution in [-0.4, -0.2) is 33.8 Å². The average Bonchev–Trinajstić information content (AvgIpc) is 2.81. The number of nitrogens with zero attached hydrogens (tertiary/aromatic N) is 2. The predicted octanol–water partition coefficient (Wildman–Crippen LogP) is 2.49. The van der Waals surface area contributed by atoms with Crippen LogP contribution in [0.25, 0.3) is 5.65 Å². The molecule has 0 saturated heterocycles. The van der Waals surface area contributed by atoms with E-state index in [2.05, 4.69) is 28.5 Å². The van der Waals surface area contributed by atoms with Gasteiger partial charge in [-0.15, -0.1) is 0 Å². The maximum absolute atomic E-state index is 11.5. The molecule has 2 heterocycles. The van der Waals surface area contributed by atoms with Crippen LogP contribution in [0.2, 0.25) is 0 Å². The van der Waals surface area contributed by atoms with Crippen molar-refractivity contribution >= 4 is 23.4 Å². The largest absolute Gasteiger partial charge is 0.465 e. The second kappa shape index (κ2) is 7.47. The number of carbonyl (C=O) groups is 1. The van der Waals surface area contributed by atoms with Gasteiger partial charge in [0.1, 0.15) is 10.7 Å². The highest BCUT2D eigenvalue weighted by Crippen LogP contribution is 2.23. The van der Waals surface area contributed by atoms with Gasteiger partial charge >= 0.3 is 5.97 Å². The summed E-state index contributed by atoms with van der Waals surface area (Å²) in [5, 5.41) is 4.28. The second-order valence-corrected chi connectivity index (χ2v) is 5.89. The lowest BCUT2D eigenvalue weighted by Gasteiger charge is -2.09. The van der Waals surface area contributed by atoms with Crippen molar-refractivity contribution in [1.29, 1.82) is 0 Å². The Labute approximate surface area is 129 Å². The Morgan fingerprint density at radius 2 is 2.29 bits per heavy atom. The van der Waals surface area contributed by atoms with Gasteiger partial charge < -0.3 is 14.5 Å². The molecule has 21 heavy (non-hydrogen) atoms. The van der Waals surface area contributed by atoms with Crippen molar-refractivity contribution in [3.63, 3.8) is 0 Å². The zero-order chi connectivity index (χ0) is 15.2. The number of carbonyl (C=O) groups excluding carboxylic acids is 1. The first kappa shape index (κ1) is 15.9. The fourth-order valence-electron chi connectivity index (χ4n) is 1.93. The lowest BCUT2D eigenvalue weighted by Crippen LogP contribution is -2.23. The van der Waals surface area contributed by atoms with Crippen LogP contribution in [0.5, 0.6) is 0 Å². The van der Waals surface area contributed by atoms with Gasteiger partial charge in [0.15, 0.2) is 0 Å². The highest BCUT2D eigenvalue weighted by molar-refractivity contribution is 7.99. The molecule has 0 aliphatic heterocycles. The summed E-state index contributed by atoms with van der Waals surface area (Å²) in [4.78, 5) is 16.1. The Balaban J connectivity index is 2.20. The van der Waals surface area contributed by atoms with Crippen molar-refractivity contribution in [3.8, 4) is 0 Å². The van der Waals surface area contributed by atoms with E-state index in [4.69, 9.17) is 4.74 Å². The number of aromatic nitrogens is 2. The molecule has 5 nitrogen and oxygen atoms in total. The van der Waals surface area contributed by atoms with E-state index in [1.165, 1.54) is 11.8 Å². The van der Waals surface area contributed by atoms with Crippen molar-refractivity contribution in [1.82, 2.24) is 14.7 Å². The monoisotopic (exact) mass is 307 g/mol. The standard InChI is InChI=1S/C15H21N3O2S/c1-4-20-14(19)10-21-15-12(9-16-11(2)3)18-8-6-5-7-13(18)17-15/h5-8,11,16H,4,9-10H2,1-3H3. The van der Waals surface area contributed by atoms with E-state index in [1.54, 1.807) is 0 Å². The van der Waals surface area contributed by atoms with Crippen molar-refractivity contribution in [2.24, 2.45) is 0 Å². The first-order chi connectivity index (χ1) is 10.1. The number of esters is 1. The van der Waals surface area contributed by atoms with Crippen molar-refractivity contribution < 1.29 is 9.53 Å². The molecule has 0 spiro atoms. The number of imidazole rings is 1. The van der Waals surface area contributed by atoms with Crippen LogP contribution in [-0.2, 0) is 16.1 Å². The third-order valence-corrected chi connectivity index (χ3v) is 3.88. The van der Waals surface area contributed by atoms with Crippen LogP contribution >= 0.6 is 11.8 Å². The summed E-state index contributed by atoms with van der Waals surface area (Å²) in [6.07, 6.45) is 1.99. The molecule has 0 aliphatic carbocycles. The van der Waals surface area contributed by atoms with Gasteiger partial charge in [-0.2, -0.15) is 0 Å². The van der Waals surface area contributed by atoms with E-state index in [1.807, 2.05) is 31.3 Å². The smallest absolute Gasteiger partial charge is 0.316 e. The van der Waals surface area contributed by atoms with E-state index < -0.39 is 0 Å². The summed E-state index contributed by atoms with van der Waals surface area (Å²) >= 11 is 1.43. The summed E-state index contributed by atoms with van der Waals surface area (Å²) in [7, 11) is 0. The first-order valence-corrected chi connectivity index (χ1v) is 8.08. The minimum Gasteiger partial charge on any atom is -0.465 e. The van der Waals surface area contributed by atoms with Crippen LogP contribution in [0.1, 0.15) is 26.5 Å². The second-order valence-electron chi connectivity index (χ2n) is 4.92. The Hall–Kier alpha value is -1.53. The summed E-state index contributed by atoms with van der Waals surface area (Å²) in [5.41, 5.74) is 1.97. The van der Waals surface area contributed by atoms with E-state index in [-0.39, 0.29) is 11.7 Å². The van der Waals surface area contributed by atoms with Gasteiger partial charge in [-0.05, 0) is 19.1 Å². The molecule has 6 heteroatoms. The third kappa shape index (κ3) is 4.22. The van der Waals surface area contributed by atoms with Crippen LogP contribution in [0.3, 0.4) is 0 Å². The Bertz CT molecular complexity index is 610. The van der Waals surface area contributed by atoms with E-state index >= 15 is 0 Å². The molecule has 0 amide bonds. The van der Waals surface area contributed by atoms with Gasteiger partial charge in [0.25, 0.3) is 0 Å². The van der Waals surface area contributed by atoms with Gasteiger partial charge in [-0.25, -0.2) is 4.98 Å². The molecule has 0 bridgehead atoms. The number of hydrogen-bond acceptors (Lipinski definition) is 5. The molecule has 0 saturated carbocycles. The van der Waals surface area contributed by atoms with Gasteiger partial charge in [-0.3, -0.25) is 4.79 Å². The average molecular weight is 307 g/mol. The number of hydrogen-bond donors (Lipinski definition) is 1. The summed E-state index contributed by atoms with van der Waals surface area (Å²) in [5.74, 6) is 0.0779. The van der Waals surface area contributed by atoms with Gasteiger partial charge in [0.2, 0.25) is 0 Å². The van der Waals surface area contributed by atoms with Crippen molar-refractivity contribution in [3.05, 3.63) is 30.1 Å². The predicted molar refractivity (Wildman–Crippen MR) is 84.5 cm³/mol. The maximum Gasteiger partial charge on any atom is 0.316 e. The fraction of sp³-hybridized carbons (Fsp3) is 0.467. The quantitative estimate of drug-likeness (QED) is 0.629. The molecule has 0 fully saturated rings. The summed E-state index contributed by atoms with van der Waals surface area (Å²) < 4.78 is 7.02. The molecule has 0 atom stereocenters. The molecule has 0 aliphatic rings. The number of pyridine rings is 1. The Morgan fingerprint density at radius 3 is 3.00 bits per heavy atom. The molecular weight excluding hydrogens is 286 g/mol. The molecular formula is C15H21N3O2S. The van der Waals surface area contributed by atoms with Crippen LogP contribution in [0, 0.1) is 0 Å². The van der Waals surface area contributed by atoms with Gasteiger partial charge in [0, 0.05) is 18.8 Å². The number of thioether (sulfide) groups is 1. The van der Waals surface area contributed by atoms with Crippen LogP contribution in [0.15, 0.2) is 29.4 Å². The zero-order valence-corrected chi connectivity index (χ0v) is 13.4. The molecule has 2 rings (SSSR count). The molecule has 114 valence electrons. The fourth-order valence-corrected chi connectivity index (χ4v) is 2.77. The molecule has 0 aromatic carbocycles. The minimum atomic E-state index is -0.206. The maximum atomic E-state index is 11.5. The number of fused-ring (bicyclic) bond motifs is 1. The van der Waals surface area contributed by atoms with E-state index in [0.717, 1.165) is 16.4 Å². The van der Waals surface area contributed by atoms with Gasteiger partial charge in [-0.1, -0.05) is 31.7 Å². The minimum absolute atomic E-state index is 0.206. The van der Waals surface area contributed by atoms with Crippen LogP contribution in [0.4, 0.5) is 0 Å². The zero-order valence-electron chi connectivity index (χ0n) is 12.6. The Morgan fingerprint density at radius 1 is 1.48 bits per heavy atom. The van der Waals surface area contributed by atoms with E-state index in [9.17, 15) is 4.79 Å². The summed E-state index contributed by atoms with van der Waals surface area (Å²) in [6.45, 7) is 7.15. The van der Waals surface area contributed by atoms with Gasteiger partial charge in [0.05, 0.1) is 18.1 Å². The molecule has 2 aromatic rings. The molecule has 0 unspecified atom stereocenters.